The van der Waals surface area contributed by atoms with Crippen LogP contribution in [0.4, 0.5) is 0 Å². The molecule has 0 aromatic carbocycles. The molecule has 0 aromatic rings. The summed E-state index contributed by atoms with van der Waals surface area (Å²) in [7, 11) is 4.21. The Morgan fingerprint density at radius 2 is 2.30 bits per heavy atom. The standard InChI is InChI=1S/C7H15NOS/c1-8(2)3-4-10-6-7-5-9-7/h7H,3-6H2,1-2H3. The normalized spacial score (nSPS) is 23.7. The van der Waals surface area contributed by atoms with Crippen LogP contribution in [0.5, 0.6) is 0 Å². The van der Waals surface area contributed by atoms with Gasteiger partial charge in [0, 0.05) is 18.1 Å². The molecule has 0 radical (unpaired) electrons. The molecule has 1 heterocycles. The second kappa shape index (κ2) is 4.21. The number of hydrogen-bond acceptors (Lipinski definition) is 3. The van der Waals surface area contributed by atoms with Crippen molar-refractivity contribution in [3.8, 4) is 0 Å². The van der Waals surface area contributed by atoms with Gasteiger partial charge in [0.25, 0.3) is 0 Å². The molecule has 1 unspecified atom stereocenters. The van der Waals surface area contributed by atoms with E-state index in [2.05, 4.69) is 19.0 Å². The second-order valence-electron chi connectivity index (χ2n) is 2.83. The molecule has 10 heavy (non-hydrogen) atoms. The lowest BCUT2D eigenvalue weighted by atomic mass is 10.6. The van der Waals surface area contributed by atoms with E-state index in [1.807, 2.05) is 11.8 Å². The molecular formula is C7H15NOS. The van der Waals surface area contributed by atoms with Crippen LogP contribution in [0.2, 0.25) is 0 Å². The summed E-state index contributed by atoms with van der Waals surface area (Å²) < 4.78 is 5.08. The minimum atomic E-state index is 0.590. The van der Waals surface area contributed by atoms with Crippen LogP contribution in [0.1, 0.15) is 0 Å². The summed E-state index contributed by atoms with van der Waals surface area (Å²) in [6.45, 7) is 2.17. The first-order valence-corrected chi connectivity index (χ1v) is 4.78. The quantitative estimate of drug-likeness (QED) is 0.435. The van der Waals surface area contributed by atoms with E-state index in [0.717, 1.165) is 6.61 Å². The molecule has 1 fully saturated rings. The van der Waals surface area contributed by atoms with E-state index < -0.39 is 0 Å². The Morgan fingerprint density at radius 1 is 1.60 bits per heavy atom. The van der Waals surface area contributed by atoms with Crippen LogP contribution in [0.25, 0.3) is 0 Å². The van der Waals surface area contributed by atoms with Gasteiger partial charge in [0.1, 0.15) is 0 Å². The maximum absolute atomic E-state index is 5.08. The highest BCUT2D eigenvalue weighted by atomic mass is 32.2. The second-order valence-corrected chi connectivity index (χ2v) is 3.98. The van der Waals surface area contributed by atoms with Crippen molar-refractivity contribution in [1.29, 1.82) is 0 Å². The smallest absolute Gasteiger partial charge is 0.0900 e. The summed E-state index contributed by atoms with van der Waals surface area (Å²) in [5, 5.41) is 0. The number of epoxide rings is 1. The van der Waals surface area contributed by atoms with Gasteiger partial charge in [-0.2, -0.15) is 11.8 Å². The van der Waals surface area contributed by atoms with Gasteiger partial charge in [-0.3, -0.25) is 0 Å². The van der Waals surface area contributed by atoms with Gasteiger partial charge in [-0.25, -0.2) is 0 Å². The van der Waals surface area contributed by atoms with Crippen molar-refractivity contribution in [3.05, 3.63) is 0 Å². The van der Waals surface area contributed by atoms with Gasteiger partial charge in [-0.1, -0.05) is 0 Å². The van der Waals surface area contributed by atoms with E-state index in [1.54, 1.807) is 0 Å². The largest absolute Gasteiger partial charge is 0.372 e. The summed E-state index contributed by atoms with van der Waals surface area (Å²) in [4.78, 5) is 2.21. The topological polar surface area (TPSA) is 15.8 Å². The van der Waals surface area contributed by atoms with E-state index in [9.17, 15) is 0 Å². The van der Waals surface area contributed by atoms with Crippen molar-refractivity contribution in [2.75, 3.05) is 38.8 Å². The molecule has 0 N–H and O–H groups in total. The van der Waals surface area contributed by atoms with Gasteiger partial charge in [-0.15, -0.1) is 0 Å². The monoisotopic (exact) mass is 161 g/mol. The zero-order valence-corrected chi connectivity index (χ0v) is 7.49. The SMILES string of the molecule is CN(C)CCSCC1CO1. The number of thioether (sulfide) groups is 1. The molecule has 2 nitrogen and oxygen atoms in total. The third kappa shape index (κ3) is 4.14. The number of ether oxygens (including phenoxy) is 1. The van der Waals surface area contributed by atoms with Gasteiger partial charge in [0.15, 0.2) is 0 Å². The fourth-order valence-corrected chi connectivity index (χ4v) is 1.74. The first-order valence-electron chi connectivity index (χ1n) is 3.63. The van der Waals surface area contributed by atoms with Crippen molar-refractivity contribution in [3.63, 3.8) is 0 Å². The Hall–Kier alpha value is 0.270. The van der Waals surface area contributed by atoms with E-state index in [4.69, 9.17) is 4.74 Å². The molecule has 1 aliphatic heterocycles. The summed E-state index contributed by atoms with van der Waals surface area (Å²) in [6.07, 6.45) is 0.590. The van der Waals surface area contributed by atoms with Crippen molar-refractivity contribution in [1.82, 2.24) is 4.90 Å². The number of nitrogens with zero attached hydrogens (tertiary/aromatic N) is 1. The number of hydrogen-bond donors (Lipinski definition) is 0. The average Bonchev–Trinajstić information content (AvgIpc) is 2.62. The molecule has 0 bridgehead atoms. The Kier molecular flexibility index (Phi) is 3.52. The molecule has 1 saturated heterocycles. The molecular weight excluding hydrogens is 146 g/mol. The highest BCUT2D eigenvalue weighted by Crippen LogP contribution is 2.15. The van der Waals surface area contributed by atoms with E-state index in [0.29, 0.717) is 6.10 Å². The molecule has 0 amide bonds. The van der Waals surface area contributed by atoms with E-state index in [1.165, 1.54) is 18.1 Å². The molecule has 0 saturated carbocycles. The van der Waals surface area contributed by atoms with Gasteiger partial charge in [-0.05, 0) is 14.1 Å². The Bertz CT molecular complexity index is 89.6. The summed E-state index contributed by atoms with van der Waals surface area (Å²) >= 11 is 1.99. The Morgan fingerprint density at radius 3 is 2.80 bits per heavy atom. The maximum Gasteiger partial charge on any atom is 0.0900 e. The van der Waals surface area contributed by atoms with Crippen LogP contribution >= 0.6 is 11.8 Å². The van der Waals surface area contributed by atoms with Crippen molar-refractivity contribution >= 4 is 11.8 Å². The Labute approximate surface area is 66.9 Å². The molecule has 1 rings (SSSR count). The molecule has 0 aliphatic carbocycles. The zero-order chi connectivity index (χ0) is 7.40. The molecule has 1 atom stereocenters. The van der Waals surface area contributed by atoms with Crippen LogP contribution < -0.4 is 0 Å². The van der Waals surface area contributed by atoms with Gasteiger partial charge in [0.05, 0.1) is 12.7 Å². The van der Waals surface area contributed by atoms with E-state index in [-0.39, 0.29) is 0 Å². The minimum Gasteiger partial charge on any atom is -0.372 e. The van der Waals surface area contributed by atoms with Crippen LogP contribution in [0, 0.1) is 0 Å². The molecule has 1 aliphatic rings. The highest BCUT2D eigenvalue weighted by Gasteiger charge is 2.21. The Balaban J connectivity index is 1.76. The van der Waals surface area contributed by atoms with Crippen LogP contribution in [0.15, 0.2) is 0 Å². The first-order chi connectivity index (χ1) is 4.79. The lowest BCUT2D eigenvalue weighted by Gasteiger charge is -2.07. The molecule has 0 aromatic heterocycles. The summed E-state index contributed by atoms with van der Waals surface area (Å²) in [5.41, 5.74) is 0. The number of rotatable bonds is 5. The maximum atomic E-state index is 5.08. The zero-order valence-electron chi connectivity index (χ0n) is 6.67. The summed E-state index contributed by atoms with van der Waals surface area (Å²) in [6, 6.07) is 0. The average molecular weight is 161 g/mol. The fraction of sp³-hybridized carbons (Fsp3) is 1.00. The fourth-order valence-electron chi connectivity index (χ4n) is 0.626. The molecule has 0 spiro atoms. The van der Waals surface area contributed by atoms with Crippen molar-refractivity contribution in [2.24, 2.45) is 0 Å². The predicted octanol–water partition coefficient (Wildman–Crippen LogP) is 0.680. The van der Waals surface area contributed by atoms with Gasteiger partial charge >= 0.3 is 0 Å². The third-order valence-corrected chi connectivity index (χ3v) is 2.47. The highest BCUT2D eigenvalue weighted by molar-refractivity contribution is 7.99. The van der Waals surface area contributed by atoms with Gasteiger partial charge < -0.3 is 9.64 Å². The minimum absolute atomic E-state index is 0.590. The lowest BCUT2D eigenvalue weighted by molar-refractivity contribution is 0.424. The molecule has 60 valence electrons. The predicted molar refractivity (Wildman–Crippen MR) is 45.6 cm³/mol. The summed E-state index contributed by atoms with van der Waals surface area (Å²) in [5.74, 6) is 2.42. The van der Waals surface area contributed by atoms with Crippen LogP contribution in [-0.2, 0) is 4.74 Å². The van der Waals surface area contributed by atoms with Crippen LogP contribution in [-0.4, -0.2) is 49.8 Å². The van der Waals surface area contributed by atoms with Crippen LogP contribution in [0.3, 0.4) is 0 Å². The van der Waals surface area contributed by atoms with Gasteiger partial charge in [0.2, 0.25) is 0 Å². The lowest BCUT2D eigenvalue weighted by Crippen LogP contribution is -2.15. The van der Waals surface area contributed by atoms with Crippen molar-refractivity contribution < 1.29 is 4.74 Å². The van der Waals surface area contributed by atoms with E-state index >= 15 is 0 Å². The van der Waals surface area contributed by atoms with Crippen molar-refractivity contribution in [2.45, 2.75) is 6.10 Å². The molecule has 3 heteroatoms. The third-order valence-electron chi connectivity index (χ3n) is 1.39. The first kappa shape index (κ1) is 8.37.